The normalized spacial score (nSPS) is 11.4. The molecule has 152 valence electrons. The number of esters is 2. The summed E-state index contributed by atoms with van der Waals surface area (Å²) in [6, 6.07) is 12.7. The van der Waals surface area contributed by atoms with Crippen molar-refractivity contribution in [3.05, 3.63) is 47.5 Å². The highest BCUT2D eigenvalue weighted by Gasteiger charge is 2.21. The number of benzene rings is 3. The average molecular weight is 413 g/mol. The van der Waals surface area contributed by atoms with Crippen LogP contribution in [0.15, 0.2) is 42.5 Å². The molecule has 3 aromatic rings. The van der Waals surface area contributed by atoms with Gasteiger partial charge in [-0.05, 0) is 30.0 Å². The molecule has 0 N–H and O–H groups in total. The third-order valence-electron chi connectivity index (χ3n) is 4.47. The van der Waals surface area contributed by atoms with Gasteiger partial charge in [-0.3, -0.25) is 9.59 Å². The molecular formula is C24H25ClO4. The van der Waals surface area contributed by atoms with Gasteiger partial charge in [0.15, 0.2) is 0 Å². The van der Waals surface area contributed by atoms with E-state index in [0.717, 1.165) is 0 Å². The van der Waals surface area contributed by atoms with Crippen LogP contribution in [-0.4, -0.2) is 11.9 Å². The Morgan fingerprint density at radius 2 is 1.21 bits per heavy atom. The molecule has 29 heavy (non-hydrogen) atoms. The molecule has 4 nitrogen and oxygen atoms in total. The van der Waals surface area contributed by atoms with E-state index in [2.05, 4.69) is 0 Å². The first kappa shape index (κ1) is 21.1. The van der Waals surface area contributed by atoms with Crippen LogP contribution < -0.4 is 9.47 Å². The zero-order chi connectivity index (χ0) is 21.1. The summed E-state index contributed by atoms with van der Waals surface area (Å²) in [5.74, 6) is 0.654. The fourth-order valence-electron chi connectivity index (χ4n) is 3.27. The largest absolute Gasteiger partial charge is 0.425 e. The van der Waals surface area contributed by atoms with Crippen molar-refractivity contribution >= 4 is 45.1 Å². The maximum atomic E-state index is 12.4. The van der Waals surface area contributed by atoms with Gasteiger partial charge in [0.2, 0.25) is 0 Å². The lowest BCUT2D eigenvalue weighted by molar-refractivity contribution is -0.136. The number of hydrogen-bond donors (Lipinski definition) is 0. The molecule has 0 amide bonds. The molecule has 0 saturated carbocycles. The third-order valence-corrected chi connectivity index (χ3v) is 4.70. The van der Waals surface area contributed by atoms with Gasteiger partial charge in [0.1, 0.15) is 11.5 Å². The molecule has 0 aromatic heterocycles. The Balaban J connectivity index is 2.23. The monoisotopic (exact) mass is 412 g/mol. The Morgan fingerprint density at radius 3 is 1.69 bits per heavy atom. The van der Waals surface area contributed by atoms with E-state index in [1.165, 1.54) is 0 Å². The van der Waals surface area contributed by atoms with Crippen molar-refractivity contribution in [2.45, 2.75) is 40.5 Å². The number of carbonyl (C=O) groups is 2. The maximum Gasteiger partial charge on any atom is 0.311 e. The van der Waals surface area contributed by atoms with E-state index < -0.39 is 0 Å². The van der Waals surface area contributed by atoms with Crippen LogP contribution in [0.25, 0.3) is 21.5 Å². The van der Waals surface area contributed by atoms with Crippen LogP contribution in [-0.2, 0) is 9.59 Å². The molecule has 0 unspecified atom stereocenters. The molecule has 3 aromatic carbocycles. The molecule has 0 aliphatic carbocycles. The lowest BCUT2D eigenvalue weighted by Crippen LogP contribution is -2.13. The van der Waals surface area contributed by atoms with Gasteiger partial charge in [0.25, 0.3) is 0 Å². The van der Waals surface area contributed by atoms with Crippen molar-refractivity contribution in [1.29, 1.82) is 0 Å². The minimum Gasteiger partial charge on any atom is -0.425 e. The van der Waals surface area contributed by atoms with Gasteiger partial charge < -0.3 is 9.47 Å². The van der Waals surface area contributed by atoms with E-state index >= 15 is 0 Å². The summed E-state index contributed by atoms with van der Waals surface area (Å²) in [6.45, 7) is 7.86. The van der Waals surface area contributed by atoms with Crippen LogP contribution in [0.2, 0.25) is 5.02 Å². The Bertz CT molecular complexity index is 1070. The minimum absolute atomic E-state index is 0.180. The first-order chi connectivity index (χ1) is 13.8. The standard InChI is InChI=1S/C24H25ClO4/c1-14(2)11-21(26)28-23-17-7-5-6-8-18(17)24(29-22(27)12-15(3)4)20-13-16(25)9-10-19(20)23/h5-10,13-15H,11-12H2,1-4H3. The Kier molecular flexibility index (Phi) is 6.43. The van der Waals surface area contributed by atoms with Crippen molar-refractivity contribution in [2.24, 2.45) is 11.8 Å². The number of ether oxygens (including phenoxy) is 2. The highest BCUT2D eigenvalue weighted by atomic mass is 35.5. The molecule has 0 atom stereocenters. The van der Waals surface area contributed by atoms with Crippen LogP contribution in [0.3, 0.4) is 0 Å². The van der Waals surface area contributed by atoms with Gasteiger partial charge in [-0.2, -0.15) is 0 Å². The van der Waals surface area contributed by atoms with Crippen LogP contribution >= 0.6 is 11.6 Å². The van der Waals surface area contributed by atoms with Crippen molar-refractivity contribution in [1.82, 2.24) is 0 Å². The van der Waals surface area contributed by atoms with E-state index in [1.807, 2.05) is 52.0 Å². The van der Waals surface area contributed by atoms with Crippen molar-refractivity contribution in [3.8, 4) is 11.5 Å². The molecule has 3 rings (SSSR count). The van der Waals surface area contributed by atoms with E-state index in [-0.39, 0.29) is 23.8 Å². The maximum absolute atomic E-state index is 12.4. The second-order valence-electron chi connectivity index (χ2n) is 8.04. The van der Waals surface area contributed by atoms with Crippen LogP contribution in [0.1, 0.15) is 40.5 Å². The van der Waals surface area contributed by atoms with Gasteiger partial charge in [-0.25, -0.2) is 0 Å². The number of carbonyl (C=O) groups excluding carboxylic acids is 2. The summed E-state index contributed by atoms with van der Waals surface area (Å²) in [5.41, 5.74) is 0. The Morgan fingerprint density at radius 1 is 0.759 bits per heavy atom. The van der Waals surface area contributed by atoms with Gasteiger partial charge in [0, 0.05) is 39.4 Å². The zero-order valence-electron chi connectivity index (χ0n) is 17.1. The molecule has 0 bridgehead atoms. The first-order valence-electron chi connectivity index (χ1n) is 9.81. The highest BCUT2D eigenvalue weighted by Crippen LogP contribution is 2.44. The number of rotatable bonds is 6. The summed E-state index contributed by atoms with van der Waals surface area (Å²) in [7, 11) is 0. The van der Waals surface area contributed by atoms with Crippen LogP contribution in [0.4, 0.5) is 0 Å². The fraction of sp³-hybridized carbons (Fsp3) is 0.333. The van der Waals surface area contributed by atoms with E-state index in [4.69, 9.17) is 21.1 Å². The molecule has 0 saturated heterocycles. The van der Waals surface area contributed by atoms with Gasteiger partial charge in [-0.15, -0.1) is 0 Å². The topological polar surface area (TPSA) is 52.6 Å². The summed E-state index contributed by atoms with van der Waals surface area (Å²) >= 11 is 6.24. The number of hydrogen-bond acceptors (Lipinski definition) is 4. The second kappa shape index (κ2) is 8.83. The SMILES string of the molecule is CC(C)CC(=O)Oc1c2ccccc2c(OC(=O)CC(C)C)c2cc(Cl)ccc12. The first-order valence-corrected chi connectivity index (χ1v) is 10.2. The predicted molar refractivity (Wildman–Crippen MR) is 117 cm³/mol. The summed E-state index contributed by atoms with van der Waals surface area (Å²) in [5, 5.41) is 3.24. The number of fused-ring (bicyclic) bond motifs is 2. The Labute approximate surface area is 175 Å². The molecule has 0 radical (unpaired) electrons. The lowest BCUT2D eigenvalue weighted by atomic mass is 10.00. The van der Waals surface area contributed by atoms with E-state index in [1.54, 1.807) is 18.2 Å². The van der Waals surface area contributed by atoms with E-state index in [9.17, 15) is 9.59 Å². The summed E-state index contributed by atoms with van der Waals surface area (Å²) in [6.07, 6.45) is 0.621. The molecule has 0 fully saturated rings. The summed E-state index contributed by atoms with van der Waals surface area (Å²) < 4.78 is 11.6. The number of halogens is 1. The highest BCUT2D eigenvalue weighted by molar-refractivity contribution is 6.31. The van der Waals surface area contributed by atoms with Crippen LogP contribution in [0.5, 0.6) is 11.5 Å². The lowest BCUT2D eigenvalue weighted by Gasteiger charge is -2.17. The molecule has 0 heterocycles. The zero-order valence-corrected chi connectivity index (χ0v) is 17.9. The van der Waals surface area contributed by atoms with Crippen molar-refractivity contribution in [3.63, 3.8) is 0 Å². The second-order valence-corrected chi connectivity index (χ2v) is 8.47. The molecule has 0 aliphatic rings. The summed E-state index contributed by atoms with van der Waals surface area (Å²) in [4.78, 5) is 24.9. The van der Waals surface area contributed by atoms with Crippen molar-refractivity contribution in [2.75, 3.05) is 0 Å². The molecular weight excluding hydrogens is 388 g/mol. The van der Waals surface area contributed by atoms with E-state index in [0.29, 0.717) is 50.9 Å². The third kappa shape index (κ3) is 4.88. The van der Waals surface area contributed by atoms with Gasteiger partial charge in [-0.1, -0.05) is 63.6 Å². The quantitative estimate of drug-likeness (QED) is 0.261. The predicted octanol–water partition coefficient (Wildman–Crippen LogP) is 6.55. The van der Waals surface area contributed by atoms with Gasteiger partial charge in [0.05, 0.1) is 0 Å². The molecule has 0 aliphatic heterocycles. The smallest absolute Gasteiger partial charge is 0.311 e. The Hall–Kier alpha value is -2.59. The average Bonchev–Trinajstić information content (AvgIpc) is 2.63. The van der Waals surface area contributed by atoms with Crippen molar-refractivity contribution < 1.29 is 19.1 Å². The molecule has 0 spiro atoms. The van der Waals surface area contributed by atoms with Crippen LogP contribution in [0, 0.1) is 11.8 Å². The fourth-order valence-corrected chi connectivity index (χ4v) is 3.44. The minimum atomic E-state index is -0.309. The molecule has 5 heteroatoms. The van der Waals surface area contributed by atoms with Gasteiger partial charge >= 0.3 is 11.9 Å².